The summed E-state index contributed by atoms with van der Waals surface area (Å²) in [7, 11) is 0. The van der Waals surface area contributed by atoms with Gasteiger partial charge in [-0.15, -0.1) is 0 Å². The van der Waals surface area contributed by atoms with Gasteiger partial charge in [-0.1, -0.05) is 23.7 Å². The maximum Gasteiger partial charge on any atom is 0.318 e. The van der Waals surface area contributed by atoms with Crippen molar-refractivity contribution in [2.45, 2.75) is 6.04 Å². The Morgan fingerprint density at radius 3 is 2.61 bits per heavy atom. The Morgan fingerprint density at radius 2 is 1.96 bits per heavy atom. The Hall–Kier alpha value is -2.18. The van der Waals surface area contributed by atoms with E-state index < -0.39 is 0 Å². The molecule has 23 heavy (non-hydrogen) atoms. The number of carbonyl (C=O) groups is 1. The van der Waals surface area contributed by atoms with Crippen LogP contribution < -0.4 is 5.32 Å². The number of amides is 2. The molecule has 1 atom stereocenters. The molecule has 0 saturated carbocycles. The molecule has 0 spiro atoms. The van der Waals surface area contributed by atoms with Crippen LogP contribution in [0, 0.1) is 0 Å². The number of hydrogen-bond donors (Lipinski definition) is 1. The average molecular weight is 333 g/mol. The fraction of sp³-hybridized carbons (Fsp3) is 0.312. The molecule has 2 heterocycles. The molecule has 6 nitrogen and oxygen atoms in total. The number of halogens is 1. The van der Waals surface area contributed by atoms with Gasteiger partial charge >= 0.3 is 6.03 Å². The van der Waals surface area contributed by atoms with E-state index in [1.54, 1.807) is 35.6 Å². The number of morpholine rings is 1. The van der Waals surface area contributed by atoms with Crippen molar-refractivity contribution in [3.05, 3.63) is 59.1 Å². The first-order chi connectivity index (χ1) is 11.2. The topological polar surface area (TPSA) is 67.4 Å². The minimum Gasteiger partial charge on any atom is -0.378 e. The molecule has 120 valence electrons. The fourth-order valence-corrected chi connectivity index (χ4v) is 2.55. The quantitative estimate of drug-likeness (QED) is 0.936. The Labute approximate surface area is 139 Å². The van der Waals surface area contributed by atoms with Crippen LogP contribution in [0.15, 0.2) is 42.9 Å². The Kier molecular flexibility index (Phi) is 5.05. The SMILES string of the molecule is O=C(NC(c1ccc(Cl)cc1)c1cnccn1)N1CCOCC1. The molecule has 1 fully saturated rings. The van der Waals surface area contributed by atoms with Gasteiger partial charge in [-0.05, 0) is 17.7 Å². The lowest BCUT2D eigenvalue weighted by atomic mass is 10.0. The zero-order valence-electron chi connectivity index (χ0n) is 12.5. The highest BCUT2D eigenvalue weighted by atomic mass is 35.5. The first-order valence-electron chi connectivity index (χ1n) is 7.38. The van der Waals surface area contributed by atoms with E-state index in [1.807, 2.05) is 12.1 Å². The van der Waals surface area contributed by atoms with Gasteiger partial charge in [0, 0.05) is 30.5 Å². The van der Waals surface area contributed by atoms with E-state index in [9.17, 15) is 4.79 Å². The summed E-state index contributed by atoms with van der Waals surface area (Å²) in [4.78, 5) is 22.7. The highest BCUT2D eigenvalue weighted by Gasteiger charge is 2.23. The monoisotopic (exact) mass is 332 g/mol. The number of nitrogens with zero attached hydrogens (tertiary/aromatic N) is 3. The molecule has 1 saturated heterocycles. The second-order valence-electron chi connectivity index (χ2n) is 5.16. The highest BCUT2D eigenvalue weighted by molar-refractivity contribution is 6.30. The number of ether oxygens (including phenoxy) is 1. The summed E-state index contributed by atoms with van der Waals surface area (Å²) in [5.41, 5.74) is 1.58. The van der Waals surface area contributed by atoms with Crippen LogP contribution in [-0.4, -0.2) is 47.2 Å². The molecule has 7 heteroatoms. The van der Waals surface area contributed by atoms with Crippen LogP contribution in [0.4, 0.5) is 4.79 Å². The van der Waals surface area contributed by atoms with E-state index in [-0.39, 0.29) is 12.1 Å². The first-order valence-corrected chi connectivity index (χ1v) is 7.76. The Balaban J connectivity index is 1.83. The molecule has 1 N–H and O–H groups in total. The van der Waals surface area contributed by atoms with Gasteiger partial charge < -0.3 is 15.0 Å². The summed E-state index contributed by atoms with van der Waals surface area (Å²) in [5.74, 6) is 0. The van der Waals surface area contributed by atoms with Gasteiger partial charge in [-0.25, -0.2) is 4.79 Å². The predicted molar refractivity (Wildman–Crippen MR) is 86.3 cm³/mol. The van der Waals surface area contributed by atoms with Crippen LogP contribution in [-0.2, 0) is 4.74 Å². The maximum absolute atomic E-state index is 12.5. The molecule has 1 aromatic carbocycles. The van der Waals surface area contributed by atoms with Crippen LogP contribution in [0.3, 0.4) is 0 Å². The first kappa shape index (κ1) is 15.7. The third-order valence-corrected chi connectivity index (χ3v) is 3.90. The molecule has 2 aromatic rings. The van der Waals surface area contributed by atoms with Gasteiger partial charge in [0.25, 0.3) is 0 Å². The van der Waals surface area contributed by atoms with Crippen molar-refractivity contribution in [3.8, 4) is 0 Å². The molecule has 1 aromatic heterocycles. The minimum absolute atomic E-state index is 0.140. The molecule has 0 bridgehead atoms. The standard InChI is InChI=1S/C16H17ClN4O2/c17-13-3-1-12(2-4-13)15(14-11-18-5-6-19-14)20-16(22)21-7-9-23-10-8-21/h1-6,11,15H,7-10H2,(H,20,22). The summed E-state index contributed by atoms with van der Waals surface area (Å²) in [6, 6.07) is 6.82. The van der Waals surface area contributed by atoms with E-state index in [1.165, 1.54) is 0 Å². The largest absolute Gasteiger partial charge is 0.378 e. The van der Waals surface area contributed by atoms with Crippen molar-refractivity contribution < 1.29 is 9.53 Å². The highest BCUT2D eigenvalue weighted by Crippen LogP contribution is 2.22. The number of rotatable bonds is 3. The van der Waals surface area contributed by atoms with Crippen LogP contribution in [0.25, 0.3) is 0 Å². The van der Waals surface area contributed by atoms with E-state index in [0.29, 0.717) is 37.0 Å². The molecule has 1 unspecified atom stereocenters. The maximum atomic E-state index is 12.5. The molecule has 1 aliphatic rings. The van der Waals surface area contributed by atoms with Crippen molar-refractivity contribution in [1.82, 2.24) is 20.2 Å². The van der Waals surface area contributed by atoms with E-state index in [2.05, 4.69) is 15.3 Å². The zero-order valence-corrected chi connectivity index (χ0v) is 13.2. The van der Waals surface area contributed by atoms with Gasteiger partial charge in [0.15, 0.2) is 0 Å². The van der Waals surface area contributed by atoms with Crippen molar-refractivity contribution in [3.63, 3.8) is 0 Å². The van der Waals surface area contributed by atoms with Crippen molar-refractivity contribution in [2.75, 3.05) is 26.3 Å². The van der Waals surface area contributed by atoms with Crippen LogP contribution >= 0.6 is 11.6 Å². The van der Waals surface area contributed by atoms with Crippen LogP contribution in [0.5, 0.6) is 0 Å². The Bertz CT molecular complexity index is 645. The molecule has 2 amide bonds. The molecule has 0 radical (unpaired) electrons. The third-order valence-electron chi connectivity index (χ3n) is 3.65. The predicted octanol–water partition coefficient (Wildman–Crippen LogP) is 2.26. The van der Waals surface area contributed by atoms with Gasteiger partial charge in [-0.2, -0.15) is 0 Å². The molecule has 0 aliphatic carbocycles. The second kappa shape index (κ2) is 7.39. The number of benzene rings is 1. The van der Waals surface area contributed by atoms with Gasteiger partial charge in [0.2, 0.25) is 0 Å². The molecular formula is C16H17ClN4O2. The second-order valence-corrected chi connectivity index (χ2v) is 5.60. The Morgan fingerprint density at radius 1 is 1.22 bits per heavy atom. The lowest BCUT2D eigenvalue weighted by Crippen LogP contribution is -2.47. The fourth-order valence-electron chi connectivity index (χ4n) is 2.42. The smallest absolute Gasteiger partial charge is 0.318 e. The lowest BCUT2D eigenvalue weighted by Gasteiger charge is -2.29. The summed E-state index contributed by atoms with van der Waals surface area (Å²) in [5, 5.41) is 3.67. The van der Waals surface area contributed by atoms with E-state index >= 15 is 0 Å². The molecule has 1 aliphatic heterocycles. The van der Waals surface area contributed by atoms with Crippen molar-refractivity contribution in [1.29, 1.82) is 0 Å². The summed E-state index contributed by atoms with van der Waals surface area (Å²) in [6.07, 6.45) is 4.87. The van der Waals surface area contributed by atoms with E-state index in [4.69, 9.17) is 16.3 Å². The van der Waals surface area contributed by atoms with E-state index in [0.717, 1.165) is 5.56 Å². The summed E-state index contributed by atoms with van der Waals surface area (Å²) in [6.45, 7) is 2.29. The normalized spacial score (nSPS) is 16.0. The summed E-state index contributed by atoms with van der Waals surface area (Å²) < 4.78 is 5.28. The third kappa shape index (κ3) is 3.97. The lowest BCUT2D eigenvalue weighted by molar-refractivity contribution is 0.0527. The number of carbonyl (C=O) groups excluding carboxylic acids is 1. The number of aromatic nitrogens is 2. The van der Waals surface area contributed by atoms with Gasteiger partial charge in [0.1, 0.15) is 0 Å². The number of urea groups is 1. The molecule has 3 rings (SSSR count). The average Bonchev–Trinajstić information content (AvgIpc) is 2.62. The van der Waals surface area contributed by atoms with Gasteiger partial charge in [-0.3, -0.25) is 9.97 Å². The van der Waals surface area contributed by atoms with Crippen molar-refractivity contribution in [2.24, 2.45) is 0 Å². The van der Waals surface area contributed by atoms with Crippen molar-refractivity contribution >= 4 is 17.6 Å². The minimum atomic E-state index is -0.378. The number of nitrogens with one attached hydrogen (secondary N) is 1. The van der Waals surface area contributed by atoms with Crippen LogP contribution in [0.2, 0.25) is 5.02 Å². The number of hydrogen-bond acceptors (Lipinski definition) is 4. The van der Waals surface area contributed by atoms with Gasteiger partial charge in [0.05, 0.1) is 31.1 Å². The molecular weight excluding hydrogens is 316 g/mol. The van der Waals surface area contributed by atoms with Crippen LogP contribution in [0.1, 0.15) is 17.3 Å². The summed E-state index contributed by atoms with van der Waals surface area (Å²) >= 11 is 5.95. The zero-order chi connectivity index (χ0) is 16.1.